The highest BCUT2D eigenvalue weighted by molar-refractivity contribution is 14.1. The average molecular weight is 369 g/mol. The van der Waals surface area contributed by atoms with Gasteiger partial charge in [0.15, 0.2) is 0 Å². The first kappa shape index (κ1) is 11.7. The van der Waals surface area contributed by atoms with Gasteiger partial charge in [-0.15, -0.1) is 11.3 Å². The van der Waals surface area contributed by atoms with Gasteiger partial charge in [0.2, 0.25) is 5.88 Å². The fourth-order valence-electron chi connectivity index (χ4n) is 1.72. The van der Waals surface area contributed by atoms with Crippen molar-refractivity contribution in [1.82, 2.24) is 10.1 Å². The third-order valence-electron chi connectivity index (χ3n) is 2.51. The molecular formula is C12H8IN3OS. The van der Waals surface area contributed by atoms with E-state index >= 15 is 0 Å². The number of hydrogen-bond acceptors (Lipinski definition) is 5. The van der Waals surface area contributed by atoms with Crippen molar-refractivity contribution in [2.75, 3.05) is 5.73 Å². The molecule has 3 heterocycles. The number of nitrogen functional groups attached to an aromatic ring is 1. The molecule has 0 aliphatic heterocycles. The zero-order valence-corrected chi connectivity index (χ0v) is 12.1. The van der Waals surface area contributed by atoms with Gasteiger partial charge in [0.25, 0.3) is 0 Å². The van der Waals surface area contributed by atoms with Gasteiger partial charge in [-0.05, 0) is 34.7 Å². The summed E-state index contributed by atoms with van der Waals surface area (Å²) >= 11 is 3.94. The Morgan fingerprint density at radius 3 is 2.89 bits per heavy atom. The van der Waals surface area contributed by atoms with Crippen LogP contribution in [0.15, 0.2) is 40.5 Å². The van der Waals surface area contributed by atoms with E-state index in [1.165, 1.54) is 2.88 Å². The van der Waals surface area contributed by atoms with Crippen LogP contribution in [0.1, 0.15) is 0 Å². The lowest BCUT2D eigenvalue weighted by Crippen LogP contribution is -1.87. The predicted octanol–water partition coefficient (Wildman–Crippen LogP) is 3.65. The van der Waals surface area contributed by atoms with E-state index in [0.717, 1.165) is 22.4 Å². The first-order valence-electron chi connectivity index (χ1n) is 5.15. The van der Waals surface area contributed by atoms with E-state index < -0.39 is 0 Å². The van der Waals surface area contributed by atoms with Gasteiger partial charge in [0, 0.05) is 28.9 Å². The summed E-state index contributed by atoms with van der Waals surface area (Å²) in [5.41, 5.74) is 9.36. The highest BCUT2D eigenvalue weighted by atomic mass is 127. The van der Waals surface area contributed by atoms with E-state index in [0.29, 0.717) is 5.88 Å². The van der Waals surface area contributed by atoms with Gasteiger partial charge in [-0.2, -0.15) is 0 Å². The fourth-order valence-corrected chi connectivity index (χ4v) is 3.05. The lowest BCUT2D eigenvalue weighted by atomic mass is 10.0. The number of pyridine rings is 1. The SMILES string of the molecule is Nc1onc(-c2csc(I)c2)c1-c1cccnc1. The van der Waals surface area contributed by atoms with Gasteiger partial charge in [0.1, 0.15) is 5.69 Å². The number of halogens is 1. The van der Waals surface area contributed by atoms with Crippen molar-refractivity contribution in [3.8, 4) is 22.4 Å². The Labute approximate surface area is 121 Å². The molecule has 0 spiro atoms. The fraction of sp³-hybridized carbons (Fsp3) is 0. The minimum absolute atomic E-state index is 0.319. The summed E-state index contributed by atoms with van der Waals surface area (Å²) < 4.78 is 6.31. The van der Waals surface area contributed by atoms with Crippen LogP contribution >= 0.6 is 33.9 Å². The normalized spacial score (nSPS) is 10.7. The van der Waals surface area contributed by atoms with Crippen LogP contribution in [-0.4, -0.2) is 10.1 Å². The first-order chi connectivity index (χ1) is 8.75. The van der Waals surface area contributed by atoms with Crippen LogP contribution < -0.4 is 5.73 Å². The molecule has 3 rings (SSSR count). The third kappa shape index (κ3) is 2.01. The van der Waals surface area contributed by atoms with Crippen molar-refractivity contribution >= 4 is 39.8 Å². The van der Waals surface area contributed by atoms with Crippen molar-refractivity contribution in [2.24, 2.45) is 0 Å². The van der Waals surface area contributed by atoms with Gasteiger partial charge in [-0.25, -0.2) is 0 Å². The van der Waals surface area contributed by atoms with E-state index in [2.05, 4.69) is 38.8 Å². The van der Waals surface area contributed by atoms with Crippen molar-refractivity contribution < 1.29 is 4.52 Å². The second kappa shape index (κ2) is 4.69. The molecule has 0 aliphatic rings. The van der Waals surface area contributed by atoms with Crippen LogP contribution in [0.4, 0.5) is 5.88 Å². The minimum Gasteiger partial charge on any atom is -0.367 e. The predicted molar refractivity (Wildman–Crippen MR) is 80.2 cm³/mol. The van der Waals surface area contributed by atoms with Gasteiger partial charge in [-0.3, -0.25) is 4.98 Å². The second-order valence-corrected chi connectivity index (χ2v) is 6.46. The van der Waals surface area contributed by atoms with Crippen LogP contribution in [-0.2, 0) is 0 Å². The number of nitrogens with zero attached hydrogens (tertiary/aromatic N) is 2. The molecule has 0 saturated heterocycles. The van der Waals surface area contributed by atoms with Crippen molar-refractivity contribution in [2.45, 2.75) is 0 Å². The van der Waals surface area contributed by atoms with Crippen LogP contribution in [0.5, 0.6) is 0 Å². The van der Waals surface area contributed by atoms with E-state index in [-0.39, 0.29) is 0 Å². The van der Waals surface area contributed by atoms with Crippen LogP contribution in [0.3, 0.4) is 0 Å². The molecule has 4 nitrogen and oxygen atoms in total. The van der Waals surface area contributed by atoms with E-state index in [4.69, 9.17) is 10.3 Å². The molecule has 2 N–H and O–H groups in total. The van der Waals surface area contributed by atoms with E-state index in [1.807, 2.05) is 17.5 Å². The highest BCUT2D eigenvalue weighted by Gasteiger charge is 2.18. The summed E-state index contributed by atoms with van der Waals surface area (Å²) in [5.74, 6) is 0.319. The lowest BCUT2D eigenvalue weighted by Gasteiger charge is -1.99. The number of rotatable bonds is 2. The number of thiophene rings is 1. The molecule has 6 heteroatoms. The van der Waals surface area contributed by atoms with Gasteiger partial charge in [-0.1, -0.05) is 11.2 Å². The minimum atomic E-state index is 0.319. The Morgan fingerprint density at radius 1 is 1.33 bits per heavy atom. The maximum Gasteiger partial charge on any atom is 0.230 e. The Kier molecular flexibility index (Phi) is 3.04. The average Bonchev–Trinajstić information content (AvgIpc) is 2.96. The Morgan fingerprint density at radius 2 is 2.22 bits per heavy atom. The summed E-state index contributed by atoms with van der Waals surface area (Å²) in [7, 11) is 0. The molecule has 18 heavy (non-hydrogen) atoms. The molecule has 3 aromatic heterocycles. The Hall–Kier alpha value is -1.41. The van der Waals surface area contributed by atoms with Crippen LogP contribution in [0, 0.1) is 2.88 Å². The van der Waals surface area contributed by atoms with Crippen LogP contribution in [0.2, 0.25) is 0 Å². The topological polar surface area (TPSA) is 64.9 Å². The molecule has 0 saturated carbocycles. The molecule has 0 atom stereocenters. The molecule has 3 aromatic rings. The van der Waals surface area contributed by atoms with Crippen LogP contribution in [0.25, 0.3) is 22.4 Å². The van der Waals surface area contributed by atoms with Crippen molar-refractivity contribution in [1.29, 1.82) is 0 Å². The summed E-state index contributed by atoms with van der Waals surface area (Å²) in [4.78, 5) is 4.10. The van der Waals surface area contributed by atoms with Gasteiger partial charge < -0.3 is 10.3 Å². The molecule has 0 fully saturated rings. The quantitative estimate of drug-likeness (QED) is 0.701. The summed E-state index contributed by atoms with van der Waals surface area (Å²) in [5, 5.41) is 6.09. The molecule has 0 unspecified atom stereocenters. The zero-order chi connectivity index (χ0) is 12.5. The van der Waals surface area contributed by atoms with Crippen molar-refractivity contribution in [3.05, 3.63) is 38.9 Å². The Balaban J connectivity index is 2.18. The number of hydrogen-bond donors (Lipinski definition) is 1. The smallest absolute Gasteiger partial charge is 0.230 e. The molecule has 0 amide bonds. The number of aromatic nitrogens is 2. The summed E-state index contributed by atoms with van der Waals surface area (Å²) in [6.07, 6.45) is 3.48. The number of nitrogens with two attached hydrogens (primary N) is 1. The second-order valence-electron chi connectivity index (χ2n) is 3.65. The number of anilines is 1. The molecule has 0 aliphatic carbocycles. The molecule has 0 radical (unpaired) electrons. The molecule has 0 bridgehead atoms. The van der Waals surface area contributed by atoms with Gasteiger partial charge in [0.05, 0.1) is 8.45 Å². The lowest BCUT2D eigenvalue weighted by molar-refractivity contribution is 0.439. The zero-order valence-electron chi connectivity index (χ0n) is 9.13. The molecule has 90 valence electrons. The largest absolute Gasteiger partial charge is 0.367 e. The van der Waals surface area contributed by atoms with E-state index in [1.54, 1.807) is 23.7 Å². The Bertz CT molecular complexity index is 678. The summed E-state index contributed by atoms with van der Waals surface area (Å²) in [6, 6.07) is 5.86. The van der Waals surface area contributed by atoms with E-state index in [9.17, 15) is 0 Å². The molecule has 0 aromatic carbocycles. The maximum absolute atomic E-state index is 5.86. The highest BCUT2D eigenvalue weighted by Crippen LogP contribution is 2.37. The standard InChI is InChI=1S/C12H8IN3OS/c13-9-4-8(6-18-9)11-10(12(14)17-16-11)7-2-1-3-15-5-7/h1-6H,14H2. The summed E-state index contributed by atoms with van der Waals surface area (Å²) in [6.45, 7) is 0. The molecular weight excluding hydrogens is 361 g/mol. The first-order valence-corrected chi connectivity index (χ1v) is 7.11. The third-order valence-corrected chi connectivity index (χ3v) is 4.30. The van der Waals surface area contributed by atoms with Gasteiger partial charge >= 0.3 is 0 Å². The monoisotopic (exact) mass is 369 g/mol. The van der Waals surface area contributed by atoms with Crippen molar-refractivity contribution in [3.63, 3.8) is 0 Å². The maximum atomic E-state index is 5.86.